The van der Waals surface area contributed by atoms with E-state index in [1.54, 1.807) is 0 Å². The van der Waals surface area contributed by atoms with Gasteiger partial charge in [-0.3, -0.25) is 0 Å². The molecule has 0 aromatic carbocycles. The molecule has 0 aromatic rings. The first-order valence-electron chi connectivity index (χ1n) is 15.3. The van der Waals surface area contributed by atoms with E-state index >= 15 is 4.39 Å². The lowest BCUT2D eigenvalue weighted by atomic mass is 9.71. The van der Waals surface area contributed by atoms with Crippen LogP contribution in [0.15, 0.2) is 12.2 Å². The van der Waals surface area contributed by atoms with Crippen molar-refractivity contribution in [3.63, 3.8) is 0 Å². The molecular formula is C26H5F43O2. The minimum absolute atomic E-state index is 0.0295. The number of esters is 1. The van der Waals surface area contributed by atoms with Gasteiger partial charge in [0.15, 0.2) is 0 Å². The molecule has 0 saturated heterocycles. The zero-order valence-corrected chi connectivity index (χ0v) is 30.8. The molecule has 0 aromatic heterocycles. The Labute approximate surface area is 355 Å². The number of rotatable bonds is 13. The van der Waals surface area contributed by atoms with Crippen molar-refractivity contribution in [3.8, 4) is 0 Å². The number of halogens is 43. The molecule has 1 aliphatic rings. The lowest BCUT2D eigenvalue weighted by molar-refractivity contribution is -0.502. The third kappa shape index (κ3) is 6.61. The molecule has 71 heavy (non-hydrogen) atoms. The van der Waals surface area contributed by atoms with Crippen LogP contribution in [0.4, 0.5) is 189 Å². The molecule has 0 radical (unpaired) electrons. The van der Waals surface area contributed by atoms with E-state index in [1.165, 1.54) is 0 Å². The van der Waals surface area contributed by atoms with Crippen LogP contribution < -0.4 is 0 Å². The lowest BCUT2D eigenvalue weighted by Gasteiger charge is -2.51. The number of hydrogen-bond acceptors (Lipinski definition) is 2. The molecule has 45 heteroatoms. The van der Waals surface area contributed by atoms with E-state index in [4.69, 9.17) is 0 Å². The van der Waals surface area contributed by atoms with Crippen LogP contribution >= 0.6 is 0 Å². The van der Waals surface area contributed by atoms with E-state index < -0.39 is 142 Å². The molecule has 0 atom stereocenters. The van der Waals surface area contributed by atoms with Gasteiger partial charge in [0.2, 0.25) is 0 Å². The van der Waals surface area contributed by atoms with E-state index in [9.17, 15) is 189 Å². The summed E-state index contributed by atoms with van der Waals surface area (Å²) in [5.74, 6) is -216. The molecule has 0 unspecified atom stereocenters. The highest BCUT2D eigenvalue weighted by molar-refractivity contribution is 5.87. The summed E-state index contributed by atoms with van der Waals surface area (Å²) in [6.45, 7) is 2.13. The fourth-order valence-corrected chi connectivity index (χ4v) is 4.85. The van der Waals surface area contributed by atoms with Crippen LogP contribution in [-0.4, -0.2) is 136 Å². The molecule has 0 spiro atoms. The Balaban J connectivity index is 4.75. The van der Waals surface area contributed by atoms with Crippen LogP contribution in [-0.2, 0) is 9.53 Å². The van der Waals surface area contributed by atoms with Gasteiger partial charge in [-0.2, -0.15) is 184 Å². The zero-order chi connectivity index (χ0) is 58.9. The normalized spacial score (nSPS) is 24.8. The van der Waals surface area contributed by atoms with Gasteiger partial charge in [-0.15, -0.1) is 0 Å². The van der Waals surface area contributed by atoms with Gasteiger partial charge < -0.3 is 4.74 Å². The van der Waals surface area contributed by atoms with Crippen LogP contribution in [0.5, 0.6) is 0 Å². The standard InChI is InChI=1S/C26H5F43O2/c1-3(2)4(70)71-26(68,69)25(66,67)24(64,65)23(62,63)22(60,61)21(58,59)20(56,57)17(50,51)14(44,45)11(38,39)8(32,33)5(27)6(28,29)9(34,35)12(40,41)15(46,47)18(52,53)19(54,55)16(48,49)13(42,43)10(36,37)7(5,30)31/h1H2,2H3. The Morgan fingerprint density at radius 2 is 0.451 bits per heavy atom. The number of alkyl halides is 43. The van der Waals surface area contributed by atoms with Crippen LogP contribution in [0, 0.1) is 0 Å². The third-order valence-corrected chi connectivity index (χ3v) is 9.33. The Kier molecular flexibility index (Phi) is 14.1. The Bertz CT molecular complexity index is 2010. The van der Waals surface area contributed by atoms with Crippen LogP contribution in [0.2, 0.25) is 0 Å². The average molecular weight is 1170 g/mol. The van der Waals surface area contributed by atoms with E-state index in [1.807, 2.05) is 4.74 Å². The SMILES string of the molecule is C=C(C)C(=O)OC(F)(F)C(F)(F)C(F)(F)C(F)(F)C(F)(F)C(F)(F)C(F)(F)C(F)(F)C(F)(F)C(F)(F)C(F)(F)C1(F)C(F)(F)C(F)(F)C(F)(F)C(F)(F)C(F)(F)C(F)(F)C(F)(F)C(F)(F)C(F)(F)C1(F)F. The quantitative estimate of drug-likeness (QED) is 0.104. The predicted octanol–water partition coefficient (Wildman–Crippen LogP) is 14.1. The van der Waals surface area contributed by atoms with E-state index in [0.29, 0.717) is 0 Å². The predicted molar refractivity (Wildman–Crippen MR) is 129 cm³/mol. The van der Waals surface area contributed by atoms with Crippen LogP contribution in [0.1, 0.15) is 6.92 Å². The zero-order valence-electron chi connectivity index (χ0n) is 30.8. The number of ether oxygens (including phenoxy) is 1. The monoisotopic (exact) mass is 1170 g/mol. The average Bonchev–Trinajstić information content (AvgIpc) is 3.14. The molecule has 1 fully saturated rings. The van der Waals surface area contributed by atoms with Crippen LogP contribution in [0.25, 0.3) is 0 Å². The van der Waals surface area contributed by atoms with Crippen molar-refractivity contribution in [1.82, 2.24) is 0 Å². The minimum atomic E-state index is -11.9. The topological polar surface area (TPSA) is 26.3 Å². The maximum absolute atomic E-state index is 15.5. The van der Waals surface area contributed by atoms with Gasteiger partial charge in [-0.05, 0) is 6.92 Å². The summed E-state index contributed by atoms with van der Waals surface area (Å²) in [5, 5.41) is 0. The van der Waals surface area contributed by atoms with E-state index in [0.717, 1.165) is 0 Å². The Morgan fingerprint density at radius 3 is 0.634 bits per heavy atom. The highest BCUT2D eigenvalue weighted by atomic mass is 19.4. The van der Waals surface area contributed by atoms with Gasteiger partial charge in [0, 0.05) is 5.57 Å². The van der Waals surface area contributed by atoms with Crippen LogP contribution in [0.3, 0.4) is 0 Å². The number of hydrogen-bond donors (Lipinski definition) is 0. The maximum Gasteiger partial charge on any atom is 0.473 e. The maximum atomic E-state index is 15.5. The molecule has 0 N–H and O–H groups in total. The first-order valence-corrected chi connectivity index (χ1v) is 15.3. The van der Waals surface area contributed by atoms with Crippen molar-refractivity contribution in [2.45, 2.75) is 137 Å². The molecule has 0 amide bonds. The fraction of sp³-hybridized carbons (Fsp3) is 0.885. The van der Waals surface area contributed by atoms with Gasteiger partial charge in [-0.1, -0.05) is 6.58 Å². The summed E-state index contributed by atoms with van der Waals surface area (Å²) in [6.07, 6.45) is -8.05. The van der Waals surface area contributed by atoms with Gasteiger partial charge in [0.05, 0.1) is 0 Å². The minimum Gasteiger partial charge on any atom is -0.393 e. The summed E-state index contributed by atoms with van der Waals surface area (Å²) < 4.78 is 615. The molecule has 0 bridgehead atoms. The third-order valence-electron chi connectivity index (χ3n) is 9.33. The second-order valence-electron chi connectivity index (χ2n) is 13.8. The van der Waals surface area contributed by atoms with Crippen molar-refractivity contribution in [1.29, 1.82) is 0 Å². The summed E-state index contributed by atoms with van der Waals surface area (Å²) in [5.41, 5.74) is -13.7. The second kappa shape index (κ2) is 15.4. The molecule has 0 aliphatic heterocycles. The Morgan fingerprint density at radius 1 is 0.296 bits per heavy atom. The fourth-order valence-electron chi connectivity index (χ4n) is 4.85. The molecule has 422 valence electrons. The number of carbonyl (C=O) groups excluding carboxylic acids is 1. The van der Waals surface area contributed by atoms with Gasteiger partial charge in [0.25, 0.3) is 0 Å². The summed E-state index contributed by atoms with van der Waals surface area (Å²) in [4.78, 5) is 10.9. The molecule has 1 rings (SSSR count). The smallest absolute Gasteiger partial charge is 0.393 e. The molecular weight excluding hydrogens is 1160 g/mol. The van der Waals surface area contributed by atoms with Crippen molar-refractivity contribution < 1.29 is 198 Å². The highest BCUT2D eigenvalue weighted by Crippen LogP contribution is 2.76. The van der Waals surface area contributed by atoms with Crippen molar-refractivity contribution in [2.24, 2.45) is 0 Å². The lowest BCUT2D eigenvalue weighted by Crippen LogP contribution is -2.86. The summed E-state index contributed by atoms with van der Waals surface area (Å²) in [6, 6.07) is 0. The number of carbonyl (C=O) groups is 1. The molecule has 1 aliphatic carbocycles. The molecule has 0 heterocycles. The first kappa shape index (κ1) is 65.2. The largest absolute Gasteiger partial charge is 0.473 e. The molecule has 1 saturated carbocycles. The summed E-state index contributed by atoms with van der Waals surface area (Å²) in [7, 11) is 0. The van der Waals surface area contributed by atoms with Crippen molar-refractivity contribution in [3.05, 3.63) is 12.2 Å². The molecule has 2 nitrogen and oxygen atoms in total. The van der Waals surface area contributed by atoms with Crippen molar-refractivity contribution >= 4 is 5.97 Å². The van der Waals surface area contributed by atoms with E-state index in [2.05, 4.69) is 6.58 Å². The van der Waals surface area contributed by atoms with Gasteiger partial charge in [-0.25, -0.2) is 9.18 Å². The Hall–Kier alpha value is -3.80. The van der Waals surface area contributed by atoms with Gasteiger partial charge >= 0.3 is 136 Å². The highest BCUT2D eigenvalue weighted by Gasteiger charge is 3.09. The van der Waals surface area contributed by atoms with Gasteiger partial charge in [0.1, 0.15) is 0 Å². The van der Waals surface area contributed by atoms with E-state index in [-0.39, 0.29) is 6.92 Å². The van der Waals surface area contributed by atoms with Crippen molar-refractivity contribution in [2.75, 3.05) is 0 Å². The summed E-state index contributed by atoms with van der Waals surface area (Å²) >= 11 is 0. The second-order valence-corrected chi connectivity index (χ2v) is 13.8. The first-order chi connectivity index (χ1) is 29.8.